The van der Waals surface area contributed by atoms with Crippen LogP contribution in [0.25, 0.3) is 16.7 Å². The summed E-state index contributed by atoms with van der Waals surface area (Å²) in [5, 5.41) is 3.51. The fourth-order valence-electron chi connectivity index (χ4n) is 4.05. The zero-order valence-electron chi connectivity index (χ0n) is 17.6. The number of imidazole rings is 1. The van der Waals surface area contributed by atoms with Crippen LogP contribution in [0.1, 0.15) is 17.2 Å². The third-order valence-corrected chi connectivity index (χ3v) is 5.57. The van der Waals surface area contributed by atoms with E-state index in [0.717, 1.165) is 39.6 Å². The van der Waals surface area contributed by atoms with Gasteiger partial charge >= 0.3 is 0 Å². The van der Waals surface area contributed by atoms with Crippen molar-refractivity contribution in [3.8, 4) is 17.2 Å². The molecule has 1 aromatic heterocycles. The van der Waals surface area contributed by atoms with Crippen LogP contribution in [0, 0.1) is 0 Å². The highest BCUT2D eigenvalue weighted by molar-refractivity contribution is 5.85. The van der Waals surface area contributed by atoms with E-state index >= 15 is 0 Å². The first-order valence-corrected chi connectivity index (χ1v) is 10.0. The maximum atomic E-state index is 5.56. The van der Waals surface area contributed by atoms with Crippen LogP contribution in [0.2, 0.25) is 0 Å². The van der Waals surface area contributed by atoms with Gasteiger partial charge in [-0.05, 0) is 48.0 Å². The monoisotopic (exact) mass is 413 g/mol. The predicted molar refractivity (Wildman–Crippen MR) is 122 cm³/mol. The number of rotatable bonds is 5. The highest BCUT2D eigenvalue weighted by Crippen LogP contribution is 2.39. The molecule has 156 valence electrons. The number of allylic oxidation sites excluding steroid dienone is 1. The Morgan fingerprint density at radius 1 is 0.839 bits per heavy atom. The fourth-order valence-corrected chi connectivity index (χ4v) is 4.05. The molecule has 4 aromatic rings. The minimum atomic E-state index is -0.0790. The molecule has 0 aliphatic carbocycles. The minimum Gasteiger partial charge on any atom is -0.497 e. The summed E-state index contributed by atoms with van der Waals surface area (Å²) in [6, 6.07) is 22.1. The van der Waals surface area contributed by atoms with Crippen LogP contribution in [0.15, 0.2) is 72.8 Å². The predicted octanol–water partition coefficient (Wildman–Crippen LogP) is 5.12. The number of methoxy groups -OCH3 is 3. The van der Waals surface area contributed by atoms with Crippen LogP contribution < -0.4 is 19.5 Å². The summed E-state index contributed by atoms with van der Waals surface area (Å²) in [4.78, 5) is 4.85. The van der Waals surface area contributed by atoms with Crippen LogP contribution in [0.4, 0.5) is 5.95 Å². The summed E-state index contributed by atoms with van der Waals surface area (Å²) >= 11 is 0. The molecule has 3 aromatic carbocycles. The zero-order chi connectivity index (χ0) is 21.4. The number of nitrogens with zero attached hydrogens (tertiary/aromatic N) is 2. The molecule has 1 atom stereocenters. The Kier molecular flexibility index (Phi) is 4.75. The van der Waals surface area contributed by atoms with E-state index in [0.29, 0.717) is 11.5 Å². The van der Waals surface area contributed by atoms with Gasteiger partial charge in [-0.3, -0.25) is 4.57 Å². The number of anilines is 1. The lowest BCUT2D eigenvalue weighted by Gasteiger charge is -2.27. The second-order valence-corrected chi connectivity index (χ2v) is 7.29. The van der Waals surface area contributed by atoms with E-state index in [1.807, 2.05) is 48.5 Å². The van der Waals surface area contributed by atoms with Gasteiger partial charge in [0.25, 0.3) is 0 Å². The van der Waals surface area contributed by atoms with E-state index in [4.69, 9.17) is 19.2 Å². The topological polar surface area (TPSA) is 57.5 Å². The molecule has 0 saturated heterocycles. The second kappa shape index (κ2) is 7.72. The normalized spacial score (nSPS) is 15.1. The molecule has 1 N–H and O–H groups in total. The smallest absolute Gasteiger partial charge is 0.209 e. The van der Waals surface area contributed by atoms with Crippen LogP contribution in [0.3, 0.4) is 0 Å². The van der Waals surface area contributed by atoms with Crippen molar-refractivity contribution < 1.29 is 14.2 Å². The first-order valence-electron chi connectivity index (χ1n) is 10.0. The largest absolute Gasteiger partial charge is 0.497 e. The van der Waals surface area contributed by atoms with Crippen molar-refractivity contribution in [1.82, 2.24) is 9.55 Å². The average molecular weight is 413 g/mol. The molecule has 0 spiro atoms. The molecule has 0 saturated carbocycles. The number of ether oxygens (including phenoxy) is 3. The number of fused-ring (bicyclic) bond motifs is 3. The SMILES string of the molecule is COc1cccc(C2=CC(c3ccc(OC)c(OC)c3)n3c(nc4ccccc43)N2)c1. The molecule has 5 rings (SSSR count). The highest BCUT2D eigenvalue weighted by atomic mass is 16.5. The molecule has 1 aliphatic rings. The maximum Gasteiger partial charge on any atom is 0.209 e. The maximum absolute atomic E-state index is 5.56. The summed E-state index contributed by atoms with van der Waals surface area (Å²) in [5.41, 5.74) is 5.08. The van der Waals surface area contributed by atoms with Gasteiger partial charge in [0.15, 0.2) is 11.5 Å². The van der Waals surface area contributed by atoms with Gasteiger partial charge in [-0.25, -0.2) is 4.98 Å². The third-order valence-electron chi connectivity index (χ3n) is 5.57. The van der Waals surface area contributed by atoms with Crippen molar-refractivity contribution in [2.75, 3.05) is 26.6 Å². The lowest BCUT2D eigenvalue weighted by atomic mass is 10.0. The number of nitrogens with one attached hydrogen (secondary N) is 1. The number of aromatic nitrogens is 2. The Bertz CT molecular complexity index is 1290. The number of benzene rings is 3. The van der Waals surface area contributed by atoms with Crippen molar-refractivity contribution in [2.24, 2.45) is 0 Å². The fraction of sp³-hybridized carbons (Fsp3) is 0.160. The van der Waals surface area contributed by atoms with Crippen LogP contribution in [-0.4, -0.2) is 30.9 Å². The molecule has 1 unspecified atom stereocenters. The number of hydrogen-bond donors (Lipinski definition) is 1. The Labute approximate surface area is 180 Å². The van der Waals surface area contributed by atoms with Crippen molar-refractivity contribution >= 4 is 22.7 Å². The Balaban J connectivity index is 1.70. The Morgan fingerprint density at radius 3 is 2.48 bits per heavy atom. The number of hydrogen-bond acceptors (Lipinski definition) is 5. The van der Waals surface area contributed by atoms with E-state index in [-0.39, 0.29) is 6.04 Å². The van der Waals surface area contributed by atoms with E-state index in [1.165, 1.54) is 0 Å². The van der Waals surface area contributed by atoms with Crippen molar-refractivity contribution in [3.63, 3.8) is 0 Å². The van der Waals surface area contributed by atoms with Crippen LogP contribution >= 0.6 is 0 Å². The average Bonchev–Trinajstić information content (AvgIpc) is 3.21. The van der Waals surface area contributed by atoms with Crippen molar-refractivity contribution in [2.45, 2.75) is 6.04 Å². The summed E-state index contributed by atoms with van der Waals surface area (Å²) in [7, 11) is 4.97. The third kappa shape index (κ3) is 3.26. The quantitative estimate of drug-likeness (QED) is 0.492. The van der Waals surface area contributed by atoms with Gasteiger partial charge in [-0.15, -0.1) is 0 Å². The molecule has 0 amide bonds. The van der Waals surface area contributed by atoms with Crippen LogP contribution in [0.5, 0.6) is 17.2 Å². The summed E-state index contributed by atoms with van der Waals surface area (Å²) in [5.74, 6) is 3.00. The summed E-state index contributed by atoms with van der Waals surface area (Å²) in [6.07, 6.45) is 2.21. The molecular weight excluding hydrogens is 390 g/mol. The molecule has 1 aliphatic heterocycles. The van der Waals surface area contributed by atoms with Gasteiger partial charge in [-0.2, -0.15) is 0 Å². The van der Waals surface area contributed by atoms with E-state index in [9.17, 15) is 0 Å². The van der Waals surface area contributed by atoms with Gasteiger partial charge in [0.05, 0.1) is 38.4 Å². The summed E-state index contributed by atoms with van der Waals surface area (Å²) < 4.78 is 18.6. The van der Waals surface area contributed by atoms with Gasteiger partial charge < -0.3 is 19.5 Å². The highest BCUT2D eigenvalue weighted by Gasteiger charge is 2.26. The van der Waals surface area contributed by atoms with Crippen LogP contribution in [-0.2, 0) is 0 Å². The molecule has 0 radical (unpaired) electrons. The molecule has 6 heteroatoms. The number of para-hydroxylation sites is 2. The van der Waals surface area contributed by atoms with E-state index in [2.05, 4.69) is 34.2 Å². The molecule has 6 nitrogen and oxygen atoms in total. The van der Waals surface area contributed by atoms with Gasteiger partial charge in [0.1, 0.15) is 5.75 Å². The van der Waals surface area contributed by atoms with Gasteiger partial charge in [0, 0.05) is 11.3 Å². The molecule has 0 bridgehead atoms. The van der Waals surface area contributed by atoms with Gasteiger partial charge in [0.2, 0.25) is 5.95 Å². The first-order chi connectivity index (χ1) is 15.2. The van der Waals surface area contributed by atoms with Gasteiger partial charge in [-0.1, -0.05) is 30.3 Å². The second-order valence-electron chi connectivity index (χ2n) is 7.29. The van der Waals surface area contributed by atoms with Crippen molar-refractivity contribution in [1.29, 1.82) is 0 Å². The zero-order valence-corrected chi connectivity index (χ0v) is 17.6. The van der Waals surface area contributed by atoms with Crippen molar-refractivity contribution in [3.05, 3.63) is 83.9 Å². The summed E-state index contributed by atoms with van der Waals surface area (Å²) in [6.45, 7) is 0. The lowest BCUT2D eigenvalue weighted by molar-refractivity contribution is 0.354. The molecule has 2 heterocycles. The van der Waals surface area contributed by atoms with E-state index < -0.39 is 0 Å². The lowest BCUT2D eigenvalue weighted by Crippen LogP contribution is -2.19. The molecular formula is C25H23N3O3. The Hall–Kier alpha value is -3.93. The Morgan fingerprint density at radius 2 is 1.68 bits per heavy atom. The molecule has 0 fully saturated rings. The minimum absolute atomic E-state index is 0.0790. The first kappa shape index (κ1) is 19.1. The van der Waals surface area contributed by atoms with E-state index in [1.54, 1.807) is 21.3 Å². The molecule has 31 heavy (non-hydrogen) atoms. The standard InChI is InChI=1S/C25H23N3O3/c1-29-18-8-6-7-16(13-18)20-15-22(17-11-12-23(30-2)24(14-17)31-3)28-21-10-5-4-9-19(21)26-25(28)27-20/h4-15,22H,1-3H3,(H,26,27).